The highest BCUT2D eigenvalue weighted by Gasteiger charge is 2.37. The van der Waals surface area contributed by atoms with E-state index in [1.807, 2.05) is 12.3 Å². The molecule has 0 spiro atoms. The first-order valence-electron chi connectivity index (χ1n) is 6.13. The molecule has 1 saturated heterocycles. The van der Waals surface area contributed by atoms with Gasteiger partial charge in [0.2, 0.25) is 0 Å². The molecule has 1 aliphatic heterocycles. The monoisotopic (exact) mass is 229 g/mol. The first kappa shape index (κ1) is 12.1. The topological polar surface area (TPSA) is 39.9 Å². The molecule has 17 heavy (non-hydrogen) atoms. The molecule has 0 aliphatic carbocycles. The Hall–Kier alpha value is -1.40. The van der Waals surface area contributed by atoms with Crippen molar-refractivity contribution in [2.75, 3.05) is 6.54 Å². The summed E-state index contributed by atoms with van der Waals surface area (Å²) < 4.78 is 0. The van der Waals surface area contributed by atoms with Crippen molar-refractivity contribution < 1.29 is 0 Å². The van der Waals surface area contributed by atoms with Gasteiger partial charge in [0.1, 0.15) is 0 Å². The van der Waals surface area contributed by atoms with Crippen molar-refractivity contribution in [3.63, 3.8) is 0 Å². The summed E-state index contributed by atoms with van der Waals surface area (Å²) in [6.45, 7) is 6.49. The van der Waals surface area contributed by atoms with Crippen LogP contribution in [-0.2, 0) is 6.54 Å². The lowest BCUT2D eigenvalue weighted by atomic mass is 9.95. The Kier molecular flexibility index (Phi) is 3.44. The van der Waals surface area contributed by atoms with Crippen molar-refractivity contribution in [3.8, 4) is 6.07 Å². The minimum atomic E-state index is 0.192. The Balaban J connectivity index is 2.04. The first-order valence-corrected chi connectivity index (χ1v) is 6.13. The van der Waals surface area contributed by atoms with Gasteiger partial charge in [0, 0.05) is 37.4 Å². The molecule has 1 fully saturated rings. The summed E-state index contributed by atoms with van der Waals surface area (Å²) >= 11 is 0. The summed E-state index contributed by atoms with van der Waals surface area (Å²) in [6, 6.07) is 6.38. The van der Waals surface area contributed by atoms with Gasteiger partial charge in [-0.2, -0.15) is 5.26 Å². The summed E-state index contributed by atoms with van der Waals surface area (Å²) in [5.74, 6) is 0.520. The molecule has 0 amide bonds. The van der Waals surface area contributed by atoms with Crippen molar-refractivity contribution in [3.05, 3.63) is 30.1 Å². The summed E-state index contributed by atoms with van der Waals surface area (Å²) in [6.07, 6.45) is 5.51. The van der Waals surface area contributed by atoms with Crippen LogP contribution in [0.25, 0.3) is 0 Å². The standard InChI is InChI=1S/C14H19N3/c1-14(2)8-12(5-6-15)10-17(14)11-13-4-3-7-16-9-13/h3-4,7,9,12H,5,8,10-11H2,1-2H3. The average molecular weight is 229 g/mol. The summed E-state index contributed by atoms with van der Waals surface area (Å²) in [5, 5.41) is 8.79. The van der Waals surface area contributed by atoms with Crippen molar-refractivity contribution in [2.24, 2.45) is 5.92 Å². The van der Waals surface area contributed by atoms with Crippen molar-refractivity contribution in [1.29, 1.82) is 5.26 Å². The van der Waals surface area contributed by atoms with Gasteiger partial charge in [-0.3, -0.25) is 9.88 Å². The molecule has 1 atom stereocenters. The fourth-order valence-corrected chi connectivity index (χ4v) is 2.72. The first-order chi connectivity index (χ1) is 8.12. The normalized spacial score (nSPS) is 23.5. The van der Waals surface area contributed by atoms with Gasteiger partial charge in [0.15, 0.2) is 0 Å². The number of aromatic nitrogens is 1. The van der Waals surface area contributed by atoms with E-state index < -0.39 is 0 Å². The van der Waals surface area contributed by atoms with Crippen LogP contribution < -0.4 is 0 Å². The molecular weight excluding hydrogens is 210 g/mol. The summed E-state index contributed by atoms with van der Waals surface area (Å²) in [7, 11) is 0. The van der Waals surface area contributed by atoms with E-state index in [1.165, 1.54) is 5.56 Å². The number of likely N-dealkylation sites (tertiary alicyclic amines) is 1. The van der Waals surface area contributed by atoms with E-state index >= 15 is 0 Å². The zero-order valence-corrected chi connectivity index (χ0v) is 10.6. The predicted molar refractivity (Wildman–Crippen MR) is 67.1 cm³/mol. The lowest BCUT2D eigenvalue weighted by Gasteiger charge is -2.31. The SMILES string of the molecule is CC1(C)CC(CC#N)CN1Cc1cccnc1. The second-order valence-corrected chi connectivity index (χ2v) is 5.49. The van der Waals surface area contributed by atoms with E-state index in [0.29, 0.717) is 12.3 Å². The van der Waals surface area contributed by atoms with E-state index in [9.17, 15) is 0 Å². The number of nitriles is 1. The fraction of sp³-hybridized carbons (Fsp3) is 0.571. The summed E-state index contributed by atoms with van der Waals surface area (Å²) in [4.78, 5) is 6.62. The molecule has 2 heterocycles. The van der Waals surface area contributed by atoms with Gasteiger partial charge in [-0.25, -0.2) is 0 Å². The second kappa shape index (κ2) is 4.85. The van der Waals surface area contributed by atoms with Gasteiger partial charge >= 0.3 is 0 Å². The fourth-order valence-electron chi connectivity index (χ4n) is 2.72. The van der Waals surface area contributed by atoms with Crippen LogP contribution in [0, 0.1) is 17.2 Å². The minimum absolute atomic E-state index is 0.192. The molecule has 1 aliphatic rings. The van der Waals surface area contributed by atoms with Crippen LogP contribution in [-0.4, -0.2) is 22.0 Å². The molecular formula is C14H19N3. The maximum absolute atomic E-state index is 8.79. The van der Waals surface area contributed by atoms with Gasteiger partial charge in [-0.1, -0.05) is 6.07 Å². The number of hydrogen-bond donors (Lipinski definition) is 0. The highest BCUT2D eigenvalue weighted by atomic mass is 15.2. The van der Waals surface area contributed by atoms with Crippen molar-refractivity contribution >= 4 is 0 Å². The molecule has 0 radical (unpaired) electrons. The van der Waals surface area contributed by atoms with Crippen LogP contribution >= 0.6 is 0 Å². The largest absolute Gasteiger partial charge is 0.294 e. The molecule has 1 unspecified atom stereocenters. The van der Waals surface area contributed by atoms with Gasteiger partial charge in [0.05, 0.1) is 6.07 Å². The summed E-state index contributed by atoms with van der Waals surface area (Å²) in [5.41, 5.74) is 1.44. The minimum Gasteiger partial charge on any atom is -0.294 e. The van der Waals surface area contributed by atoms with Crippen molar-refractivity contribution in [2.45, 2.75) is 38.8 Å². The van der Waals surface area contributed by atoms with Crippen LogP contribution in [0.3, 0.4) is 0 Å². The molecule has 0 saturated carbocycles. The molecule has 1 aromatic heterocycles. The van der Waals surface area contributed by atoms with Crippen LogP contribution in [0.4, 0.5) is 0 Å². The Morgan fingerprint density at radius 2 is 2.41 bits per heavy atom. The number of hydrogen-bond acceptors (Lipinski definition) is 3. The van der Waals surface area contributed by atoms with E-state index in [4.69, 9.17) is 5.26 Å². The van der Waals surface area contributed by atoms with Gasteiger partial charge in [-0.05, 0) is 37.8 Å². The number of rotatable bonds is 3. The van der Waals surface area contributed by atoms with Crippen LogP contribution in [0.5, 0.6) is 0 Å². The van der Waals surface area contributed by atoms with Gasteiger partial charge in [0.25, 0.3) is 0 Å². The molecule has 0 bridgehead atoms. The van der Waals surface area contributed by atoms with E-state index in [0.717, 1.165) is 19.5 Å². The Morgan fingerprint density at radius 1 is 1.59 bits per heavy atom. The highest BCUT2D eigenvalue weighted by molar-refractivity contribution is 5.10. The molecule has 2 rings (SSSR count). The highest BCUT2D eigenvalue weighted by Crippen LogP contribution is 2.35. The molecule has 0 aromatic carbocycles. The zero-order chi connectivity index (χ0) is 12.3. The molecule has 3 nitrogen and oxygen atoms in total. The number of pyridine rings is 1. The zero-order valence-electron chi connectivity index (χ0n) is 10.6. The van der Waals surface area contributed by atoms with E-state index in [1.54, 1.807) is 6.20 Å². The third-order valence-electron chi connectivity index (χ3n) is 3.60. The number of nitrogens with zero attached hydrogens (tertiary/aromatic N) is 3. The lowest BCUT2D eigenvalue weighted by Crippen LogP contribution is -2.37. The molecule has 0 N–H and O–H groups in total. The van der Waals surface area contributed by atoms with Gasteiger partial charge in [-0.15, -0.1) is 0 Å². The van der Waals surface area contributed by atoms with Crippen molar-refractivity contribution in [1.82, 2.24) is 9.88 Å². The maximum Gasteiger partial charge on any atom is 0.0625 e. The van der Waals surface area contributed by atoms with Gasteiger partial charge < -0.3 is 0 Å². The van der Waals surface area contributed by atoms with E-state index in [-0.39, 0.29) is 5.54 Å². The Morgan fingerprint density at radius 3 is 3.06 bits per heavy atom. The molecule has 1 aromatic rings. The van der Waals surface area contributed by atoms with Crippen LogP contribution in [0.1, 0.15) is 32.3 Å². The Labute approximate surface area is 103 Å². The van der Waals surface area contributed by atoms with E-state index in [2.05, 4.69) is 35.9 Å². The Bertz CT molecular complexity index is 405. The third-order valence-corrected chi connectivity index (χ3v) is 3.60. The molecule has 90 valence electrons. The maximum atomic E-state index is 8.79. The second-order valence-electron chi connectivity index (χ2n) is 5.49. The predicted octanol–water partition coefficient (Wildman–Crippen LogP) is 2.60. The smallest absolute Gasteiger partial charge is 0.0625 e. The van der Waals surface area contributed by atoms with Crippen LogP contribution in [0.2, 0.25) is 0 Å². The average Bonchev–Trinajstić information content (AvgIpc) is 2.55. The molecule has 3 heteroatoms. The quantitative estimate of drug-likeness (QED) is 0.799. The van der Waals surface area contributed by atoms with Crippen LogP contribution in [0.15, 0.2) is 24.5 Å². The lowest BCUT2D eigenvalue weighted by molar-refractivity contribution is 0.166. The third kappa shape index (κ3) is 2.83.